The summed E-state index contributed by atoms with van der Waals surface area (Å²) < 4.78 is 0. The average molecular weight is 264 g/mol. The van der Waals surface area contributed by atoms with Crippen molar-refractivity contribution in [3.63, 3.8) is 0 Å². The summed E-state index contributed by atoms with van der Waals surface area (Å²) in [6.45, 7) is 3.11. The minimum atomic E-state index is -1.03. The fourth-order valence-electron chi connectivity index (χ4n) is 2.30. The lowest BCUT2D eigenvalue weighted by molar-refractivity contribution is 0.0690. The smallest absolute Gasteiger partial charge is 0.354 e. The van der Waals surface area contributed by atoms with E-state index in [0.717, 1.165) is 32.0 Å². The SMILES string of the molecule is CN1CCC(CCNc2nccc(C(=O)O)n2)CC1. The first-order valence-corrected chi connectivity index (χ1v) is 6.64. The highest BCUT2D eigenvalue weighted by Gasteiger charge is 2.16. The Labute approximate surface area is 112 Å². The monoisotopic (exact) mass is 264 g/mol. The Morgan fingerprint density at radius 3 is 2.95 bits per heavy atom. The van der Waals surface area contributed by atoms with Gasteiger partial charge in [0, 0.05) is 12.7 Å². The van der Waals surface area contributed by atoms with E-state index in [4.69, 9.17) is 5.11 Å². The fraction of sp³-hybridized carbons (Fsp3) is 0.615. The Morgan fingerprint density at radius 1 is 1.53 bits per heavy atom. The fourth-order valence-corrected chi connectivity index (χ4v) is 2.30. The van der Waals surface area contributed by atoms with Crippen molar-refractivity contribution in [2.45, 2.75) is 19.3 Å². The normalized spacial score (nSPS) is 17.3. The molecular formula is C13H20N4O2. The summed E-state index contributed by atoms with van der Waals surface area (Å²) in [7, 11) is 2.15. The Kier molecular flexibility index (Phi) is 4.68. The predicted molar refractivity (Wildman–Crippen MR) is 72.3 cm³/mol. The first-order chi connectivity index (χ1) is 9.15. The van der Waals surface area contributed by atoms with E-state index in [0.29, 0.717) is 5.95 Å². The molecule has 0 spiro atoms. The second kappa shape index (κ2) is 6.47. The lowest BCUT2D eigenvalue weighted by atomic mass is 9.94. The molecule has 2 rings (SSSR count). The Morgan fingerprint density at radius 2 is 2.26 bits per heavy atom. The highest BCUT2D eigenvalue weighted by molar-refractivity contribution is 5.85. The van der Waals surface area contributed by atoms with Crippen LogP contribution in [0.1, 0.15) is 29.8 Å². The van der Waals surface area contributed by atoms with Crippen molar-refractivity contribution in [3.8, 4) is 0 Å². The summed E-state index contributed by atoms with van der Waals surface area (Å²) in [5.41, 5.74) is 0.0248. The van der Waals surface area contributed by atoms with Gasteiger partial charge in [-0.25, -0.2) is 14.8 Å². The third-order valence-electron chi connectivity index (χ3n) is 3.55. The van der Waals surface area contributed by atoms with E-state index in [1.165, 1.54) is 25.1 Å². The van der Waals surface area contributed by atoms with Crippen molar-refractivity contribution < 1.29 is 9.90 Å². The molecule has 0 atom stereocenters. The molecule has 19 heavy (non-hydrogen) atoms. The molecule has 0 bridgehead atoms. The van der Waals surface area contributed by atoms with Crippen LogP contribution < -0.4 is 5.32 Å². The number of nitrogens with one attached hydrogen (secondary N) is 1. The van der Waals surface area contributed by atoms with Crippen LogP contribution in [-0.4, -0.2) is 52.6 Å². The highest BCUT2D eigenvalue weighted by atomic mass is 16.4. The maximum absolute atomic E-state index is 10.8. The van der Waals surface area contributed by atoms with Gasteiger partial charge in [0.2, 0.25) is 5.95 Å². The molecule has 2 heterocycles. The molecule has 0 amide bonds. The third-order valence-corrected chi connectivity index (χ3v) is 3.55. The molecule has 0 radical (unpaired) electrons. The van der Waals surface area contributed by atoms with E-state index in [1.807, 2.05) is 0 Å². The number of carbonyl (C=O) groups is 1. The summed E-state index contributed by atoms with van der Waals surface area (Å²) in [6.07, 6.45) is 5.01. The van der Waals surface area contributed by atoms with E-state index in [-0.39, 0.29) is 5.69 Å². The molecule has 1 aliphatic rings. The Hall–Kier alpha value is -1.69. The average Bonchev–Trinajstić information content (AvgIpc) is 2.41. The summed E-state index contributed by atoms with van der Waals surface area (Å²) in [5.74, 6) is 0.111. The molecule has 6 nitrogen and oxygen atoms in total. The van der Waals surface area contributed by atoms with E-state index in [2.05, 4.69) is 27.2 Å². The van der Waals surface area contributed by atoms with Gasteiger partial charge >= 0.3 is 5.97 Å². The van der Waals surface area contributed by atoms with Crippen molar-refractivity contribution in [2.24, 2.45) is 5.92 Å². The first kappa shape index (κ1) is 13.7. The predicted octanol–water partition coefficient (Wildman–Crippen LogP) is 1.32. The molecule has 1 saturated heterocycles. The zero-order valence-electron chi connectivity index (χ0n) is 11.2. The molecule has 0 aromatic carbocycles. The number of carboxylic acid groups (broad SMARTS) is 1. The van der Waals surface area contributed by atoms with Crippen LogP contribution in [0, 0.1) is 5.92 Å². The summed E-state index contributed by atoms with van der Waals surface area (Å²) in [5, 5.41) is 11.9. The van der Waals surface area contributed by atoms with Crippen LogP contribution in [0.15, 0.2) is 12.3 Å². The Bertz CT molecular complexity index is 430. The van der Waals surface area contributed by atoms with Crippen molar-refractivity contribution in [1.82, 2.24) is 14.9 Å². The summed E-state index contributed by atoms with van der Waals surface area (Å²) in [6, 6.07) is 1.39. The number of carboxylic acids is 1. The molecule has 1 aromatic heterocycles. The largest absolute Gasteiger partial charge is 0.477 e. The maximum atomic E-state index is 10.8. The molecule has 104 valence electrons. The number of hydrogen-bond acceptors (Lipinski definition) is 5. The number of aromatic nitrogens is 2. The zero-order valence-corrected chi connectivity index (χ0v) is 11.2. The maximum Gasteiger partial charge on any atom is 0.354 e. The van der Waals surface area contributed by atoms with Crippen molar-refractivity contribution in [1.29, 1.82) is 0 Å². The summed E-state index contributed by atoms with van der Waals surface area (Å²) >= 11 is 0. The van der Waals surface area contributed by atoms with Crippen LogP contribution in [0.25, 0.3) is 0 Å². The molecule has 0 aliphatic carbocycles. The standard InChI is InChI=1S/C13H20N4O2/c1-17-8-4-10(5-9-17)2-6-14-13-15-7-3-11(16-13)12(18)19/h3,7,10H,2,4-6,8-9H2,1H3,(H,18,19)(H,14,15,16). The number of nitrogens with zero attached hydrogens (tertiary/aromatic N) is 3. The zero-order chi connectivity index (χ0) is 13.7. The number of likely N-dealkylation sites (tertiary alicyclic amines) is 1. The quantitative estimate of drug-likeness (QED) is 0.835. The van der Waals surface area contributed by atoms with Gasteiger partial charge in [-0.15, -0.1) is 0 Å². The molecular weight excluding hydrogens is 244 g/mol. The van der Waals surface area contributed by atoms with Gasteiger partial charge in [-0.3, -0.25) is 0 Å². The second-order valence-corrected chi connectivity index (χ2v) is 5.03. The van der Waals surface area contributed by atoms with Crippen LogP contribution in [0.3, 0.4) is 0 Å². The van der Waals surface area contributed by atoms with Crippen molar-refractivity contribution in [2.75, 3.05) is 32.0 Å². The minimum Gasteiger partial charge on any atom is -0.477 e. The molecule has 0 unspecified atom stereocenters. The Balaban J connectivity index is 1.76. The first-order valence-electron chi connectivity index (χ1n) is 6.64. The van der Waals surface area contributed by atoms with Gasteiger partial charge < -0.3 is 15.3 Å². The molecule has 0 saturated carbocycles. The van der Waals surface area contributed by atoms with Crippen LogP contribution in [0.2, 0.25) is 0 Å². The number of hydrogen-bond donors (Lipinski definition) is 2. The van der Waals surface area contributed by atoms with Crippen LogP contribution >= 0.6 is 0 Å². The van der Waals surface area contributed by atoms with Gasteiger partial charge in [-0.05, 0) is 51.4 Å². The summed E-state index contributed by atoms with van der Waals surface area (Å²) in [4.78, 5) is 21.1. The van der Waals surface area contributed by atoms with Crippen LogP contribution in [0.4, 0.5) is 5.95 Å². The van der Waals surface area contributed by atoms with Gasteiger partial charge in [0.15, 0.2) is 5.69 Å². The number of rotatable bonds is 5. The van der Waals surface area contributed by atoms with Gasteiger partial charge in [-0.2, -0.15) is 0 Å². The van der Waals surface area contributed by atoms with Crippen LogP contribution in [0.5, 0.6) is 0 Å². The lowest BCUT2D eigenvalue weighted by Crippen LogP contribution is -2.30. The third kappa shape index (κ3) is 4.17. The van der Waals surface area contributed by atoms with E-state index in [1.54, 1.807) is 0 Å². The number of piperidine rings is 1. The minimum absolute atomic E-state index is 0.0248. The van der Waals surface area contributed by atoms with Gasteiger partial charge in [0.1, 0.15) is 0 Å². The topological polar surface area (TPSA) is 78.4 Å². The lowest BCUT2D eigenvalue weighted by Gasteiger charge is -2.28. The number of anilines is 1. The van der Waals surface area contributed by atoms with Crippen LogP contribution in [-0.2, 0) is 0 Å². The molecule has 1 fully saturated rings. The highest BCUT2D eigenvalue weighted by Crippen LogP contribution is 2.19. The molecule has 1 aliphatic heterocycles. The molecule has 6 heteroatoms. The van der Waals surface area contributed by atoms with Crippen molar-refractivity contribution in [3.05, 3.63) is 18.0 Å². The molecule has 1 aromatic rings. The van der Waals surface area contributed by atoms with Gasteiger partial charge in [-0.1, -0.05) is 0 Å². The van der Waals surface area contributed by atoms with Gasteiger partial charge in [0.05, 0.1) is 0 Å². The number of aromatic carboxylic acids is 1. The van der Waals surface area contributed by atoms with Crippen molar-refractivity contribution >= 4 is 11.9 Å². The second-order valence-electron chi connectivity index (χ2n) is 5.03. The van der Waals surface area contributed by atoms with E-state index < -0.39 is 5.97 Å². The van der Waals surface area contributed by atoms with E-state index in [9.17, 15) is 4.79 Å². The van der Waals surface area contributed by atoms with Gasteiger partial charge in [0.25, 0.3) is 0 Å². The van der Waals surface area contributed by atoms with E-state index >= 15 is 0 Å². The molecule has 2 N–H and O–H groups in total.